The summed E-state index contributed by atoms with van der Waals surface area (Å²) >= 11 is 0. The first kappa shape index (κ1) is 10.9. The van der Waals surface area contributed by atoms with E-state index in [0.29, 0.717) is 4.57 Å². The Bertz CT molecular complexity index is 584. The predicted molar refractivity (Wildman–Crippen MR) is 47.8 cm³/mol. The first-order valence-corrected chi connectivity index (χ1v) is 5.65. The molecule has 9 heteroatoms. The highest BCUT2D eigenvalue weighted by Gasteiger charge is 2.20. The SMILES string of the molecule is Cn1nc(S(=O)(=O)Cl)c(=O)n(C)c1=O. The van der Waals surface area contributed by atoms with Crippen LogP contribution in [0.5, 0.6) is 0 Å². The Labute approximate surface area is 83.0 Å². The van der Waals surface area contributed by atoms with E-state index in [-0.39, 0.29) is 0 Å². The van der Waals surface area contributed by atoms with Crippen LogP contribution in [0.3, 0.4) is 0 Å². The standard InChI is InChI=1S/C5H6ClN3O4S/c1-8-4(10)3(14(6,12)13)7-9(2)5(8)11/h1-2H3. The second-order valence-corrected chi connectivity index (χ2v) is 4.99. The van der Waals surface area contributed by atoms with Crippen molar-refractivity contribution >= 4 is 19.7 Å². The van der Waals surface area contributed by atoms with Crippen molar-refractivity contribution in [2.75, 3.05) is 0 Å². The van der Waals surface area contributed by atoms with Crippen molar-refractivity contribution in [3.8, 4) is 0 Å². The van der Waals surface area contributed by atoms with E-state index in [1.165, 1.54) is 7.05 Å². The summed E-state index contributed by atoms with van der Waals surface area (Å²) in [5, 5.41) is 2.40. The van der Waals surface area contributed by atoms with Crippen LogP contribution in [0.2, 0.25) is 0 Å². The highest BCUT2D eigenvalue weighted by molar-refractivity contribution is 8.13. The molecule has 1 rings (SSSR count). The van der Waals surface area contributed by atoms with Gasteiger partial charge in [-0.05, 0) is 0 Å². The molecule has 1 aromatic heterocycles. The summed E-state index contributed by atoms with van der Waals surface area (Å²) in [4.78, 5) is 22.3. The van der Waals surface area contributed by atoms with E-state index < -0.39 is 25.3 Å². The Balaban J connectivity index is 3.85. The van der Waals surface area contributed by atoms with Crippen molar-refractivity contribution in [1.29, 1.82) is 0 Å². The van der Waals surface area contributed by atoms with Gasteiger partial charge in [0.25, 0.3) is 19.6 Å². The van der Waals surface area contributed by atoms with Crippen LogP contribution in [0.15, 0.2) is 14.6 Å². The summed E-state index contributed by atoms with van der Waals surface area (Å²) < 4.78 is 23.0. The average Bonchev–Trinajstić information content (AvgIpc) is 2.06. The van der Waals surface area contributed by atoms with Crippen molar-refractivity contribution in [3.05, 3.63) is 20.8 Å². The van der Waals surface area contributed by atoms with Crippen LogP contribution in [0.25, 0.3) is 0 Å². The van der Waals surface area contributed by atoms with Gasteiger partial charge >= 0.3 is 5.69 Å². The minimum absolute atomic E-state index is 0.613. The van der Waals surface area contributed by atoms with Gasteiger partial charge in [0, 0.05) is 24.8 Å². The second kappa shape index (κ2) is 3.21. The zero-order chi connectivity index (χ0) is 11.1. The molecular weight excluding hydrogens is 234 g/mol. The highest BCUT2D eigenvalue weighted by atomic mass is 35.7. The molecule has 0 saturated heterocycles. The van der Waals surface area contributed by atoms with Crippen LogP contribution >= 0.6 is 10.7 Å². The topological polar surface area (TPSA) is 91.0 Å². The molecule has 0 bridgehead atoms. The molecule has 0 N–H and O–H groups in total. The van der Waals surface area contributed by atoms with Gasteiger partial charge in [-0.15, -0.1) is 5.10 Å². The van der Waals surface area contributed by atoms with Gasteiger partial charge in [0.1, 0.15) is 0 Å². The third kappa shape index (κ3) is 1.70. The van der Waals surface area contributed by atoms with Crippen LogP contribution in [-0.4, -0.2) is 22.8 Å². The minimum Gasteiger partial charge on any atom is -0.266 e. The number of halogens is 1. The Hall–Kier alpha value is -1.15. The summed E-state index contributed by atoms with van der Waals surface area (Å²) in [5.74, 6) is 0. The molecule has 0 aliphatic rings. The minimum atomic E-state index is -4.23. The van der Waals surface area contributed by atoms with Crippen LogP contribution in [0.1, 0.15) is 0 Å². The third-order valence-corrected chi connectivity index (χ3v) is 2.68. The summed E-state index contributed by atoms with van der Waals surface area (Å²) in [7, 11) is 3.07. The van der Waals surface area contributed by atoms with Gasteiger partial charge in [-0.3, -0.25) is 9.36 Å². The molecular formula is C5H6ClN3O4S. The number of aryl methyl sites for hydroxylation is 1. The summed E-state index contributed by atoms with van der Waals surface area (Å²) in [6.45, 7) is 0. The molecule has 1 aromatic rings. The number of hydrogen-bond acceptors (Lipinski definition) is 5. The largest absolute Gasteiger partial charge is 0.346 e. The lowest BCUT2D eigenvalue weighted by molar-refractivity contribution is 0.541. The number of rotatable bonds is 1. The summed E-state index contributed by atoms with van der Waals surface area (Å²) in [6, 6.07) is 0. The Morgan fingerprint density at radius 1 is 1.29 bits per heavy atom. The van der Waals surface area contributed by atoms with Crippen LogP contribution in [0, 0.1) is 0 Å². The van der Waals surface area contributed by atoms with E-state index in [4.69, 9.17) is 10.7 Å². The second-order valence-electron chi connectivity index (χ2n) is 2.51. The normalized spacial score (nSPS) is 11.6. The van der Waals surface area contributed by atoms with Crippen LogP contribution in [-0.2, 0) is 23.1 Å². The smallest absolute Gasteiger partial charge is 0.266 e. The van der Waals surface area contributed by atoms with Gasteiger partial charge in [-0.1, -0.05) is 0 Å². The predicted octanol–water partition coefficient (Wildman–Crippen LogP) is -1.59. The Morgan fingerprint density at radius 3 is 2.21 bits per heavy atom. The van der Waals surface area contributed by atoms with E-state index in [2.05, 4.69) is 5.10 Å². The number of nitrogens with zero attached hydrogens (tertiary/aromatic N) is 3. The fourth-order valence-corrected chi connectivity index (χ4v) is 1.68. The lowest BCUT2D eigenvalue weighted by Crippen LogP contribution is -2.41. The molecule has 0 aliphatic carbocycles. The van der Waals surface area contributed by atoms with Gasteiger partial charge in [0.2, 0.25) is 0 Å². The van der Waals surface area contributed by atoms with Gasteiger partial charge in [0.05, 0.1) is 0 Å². The Morgan fingerprint density at radius 2 is 1.79 bits per heavy atom. The third-order valence-electron chi connectivity index (χ3n) is 1.52. The van der Waals surface area contributed by atoms with E-state index in [9.17, 15) is 18.0 Å². The summed E-state index contributed by atoms with van der Waals surface area (Å²) in [5.41, 5.74) is -1.76. The molecule has 0 aromatic carbocycles. The molecule has 0 unspecified atom stereocenters. The first-order valence-electron chi connectivity index (χ1n) is 3.34. The lowest BCUT2D eigenvalue weighted by Gasteiger charge is -2.01. The summed E-state index contributed by atoms with van der Waals surface area (Å²) in [6.07, 6.45) is 0. The van der Waals surface area contributed by atoms with Crippen LogP contribution < -0.4 is 11.2 Å². The van der Waals surface area contributed by atoms with Crippen molar-refractivity contribution < 1.29 is 8.42 Å². The highest BCUT2D eigenvalue weighted by Crippen LogP contribution is 2.03. The lowest BCUT2D eigenvalue weighted by atomic mass is 10.8. The van der Waals surface area contributed by atoms with E-state index >= 15 is 0 Å². The van der Waals surface area contributed by atoms with Crippen molar-refractivity contribution in [2.45, 2.75) is 5.03 Å². The van der Waals surface area contributed by atoms with Crippen molar-refractivity contribution in [2.24, 2.45) is 14.1 Å². The van der Waals surface area contributed by atoms with Gasteiger partial charge in [-0.2, -0.15) is 0 Å². The maximum absolute atomic E-state index is 11.2. The number of aromatic nitrogens is 3. The maximum atomic E-state index is 11.2. The fraction of sp³-hybridized carbons (Fsp3) is 0.400. The molecule has 0 amide bonds. The fourth-order valence-electron chi connectivity index (χ4n) is 0.822. The molecule has 0 fully saturated rings. The van der Waals surface area contributed by atoms with E-state index in [1.54, 1.807) is 0 Å². The monoisotopic (exact) mass is 239 g/mol. The van der Waals surface area contributed by atoms with Gasteiger partial charge in [-0.25, -0.2) is 17.9 Å². The van der Waals surface area contributed by atoms with Gasteiger partial charge < -0.3 is 0 Å². The zero-order valence-corrected chi connectivity index (χ0v) is 8.83. The van der Waals surface area contributed by atoms with Gasteiger partial charge in [0.15, 0.2) is 0 Å². The molecule has 0 saturated carbocycles. The van der Waals surface area contributed by atoms with Crippen molar-refractivity contribution in [3.63, 3.8) is 0 Å². The van der Waals surface area contributed by atoms with E-state index in [1.807, 2.05) is 0 Å². The molecule has 14 heavy (non-hydrogen) atoms. The number of hydrogen-bond donors (Lipinski definition) is 0. The van der Waals surface area contributed by atoms with Crippen molar-refractivity contribution in [1.82, 2.24) is 14.3 Å². The first-order chi connectivity index (χ1) is 6.25. The molecule has 0 spiro atoms. The molecule has 0 aliphatic heterocycles. The molecule has 78 valence electrons. The molecule has 1 heterocycles. The van der Waals surface area contributed by atoms with E-state index in [0.717, 1.165) is 11.7 Å². The van der Waals surface area contributed by atoms with Crippen LogP contribution in [0.4, 0.5) is 0 Å². The molecule has 0 atom stereocenters. The zero-order valence-electron chi connectivity index (χ0n) is 7.26. The quantitative estimate of drug-likeness (QED) is 0.551. The molecule has 7 nitrogen and oxygen atoms in total. The Kier molecular flexibility index (Phi) is 2.50. The average molecular weight is 240 g/mol. The molecule has 0 radical (unpaired) electrons. The maximum Gasteiger partial charge on any atom is 0.346 e.